The highest BCUT2D eigenvalue weighted by molar-refractivity contribution is 5.92. The average Bonchev–Trinajstić information content (AvgIpc) is 2.85. The fourth-order valence-corrected chi connectivity index (χ4v) is 3.71. The maximum atomic E-state index is 12.8. The summed E-state index contributed by atoms with van der Waals surface area (Å²) >= 11 is 0. The molecular formula is C25H33N5O2. The molecule has 1 fully saturated rings. The second kappa shape index (κ2) is 12.7. The zero-order valence-corrected chi connectivity index (χ0v) is 18.9. The number of carbonyl (C=O) groups is 2. The van der Waals surface area contributed by atoms with Crippen LogP contribution in [0.4, 0.5) is 0 Å². The summed E-state index contributed by atoms with van der Waals surface area (Å²) in [4.78, 5) is 39.7. The molecule has 1 aromatic carbocycles. The normalized spacial score (nSPS) is 14.6. The molecule has 0 radical (unpaired) electrons. The lowest BCUT2D eigenvalue weighted by molar-refractivity contribution is -0.133. The standard InChI is InChI=1S/C25H33N5O2/c1-2-3-15-30(25(32)23-21-26-12-13-27-23)16-11-24(31)29-19-17-28(18-20-29)14-7-10-22-8-5-4-6-9-22/h4-10,12-13,21H,2-3,11,14-20H2,1H3/b10-7+. The zero-order chi connectivity index (χ0) is 22.6. The first-order valence-electron chi connectivity index (χ1n) is 11.4. The number of unbranched alkanes of at least 4 members (excludes halogenated alkanes) is 1. The average molecular weight is 436 g/mol. The zero-order valence-electron chi connectivity index (χ0n) is 18.9. The van der Waals surface area contributed by atoms with Crippen LogP contribution in [0.25, 0.3) is 6.08 Å². The number of amides is 2. The fourth-order valence-electron chi connectivity index (χ4n) is 3.71. The Hall–Kier alpha value is -3.06. The molecule has 1 saturated heterocycles. The smallest absolute Gasteiger partial charge is 0.274 e. The molecule has 0 saturated carbocycles. The summed E-state index contributed by atoms with van der Waals surface area (Å²) in [6, 6.07) is 10.3. The lowest BCUT2D eigenvalue weighted by atomic mass is 10.2. The quantitative estimate of drug-likeness (QED) is 0.574. The fraction of sp³-hybridized carbons (Fsp3) is 0.440. The minimum absolute atomic E-state index is 0.109. The van der Waals surface area contributed by atoms with Crippen LogP contribution in [-0.4, -0.2) is 82.3 Å². The minimum atomic E-state index is -0.158. The Morgan fingerprint density at radius 2 is 1.84 bits per heavy atom. The minimum Gasteiger partial charge on any atom is -0.340 e. The van der Waals surface area contributed by atoms with Gasteiger partial charge in [-0.05, 0) is 12.0 Å². The van der Waals surface area contributed by atoms with Gasteiger partial charge in [-0.15, -0.1) is 0 Å². The number of rotatable bonds is 10. The highest BCUT2D eigenvalue weighted by Crippen LogP contribution is 2.09. The van der Waals surface area contributed by atoms with E-state index in [0.717, 1.165) is 45.6 Å². The topological polar surface area (TPSA) is 69.6 Å². The van der Waals surface area contributed by atoms with E-state index in [1.165, 1.54) is 18.0 Å². The molecular weight excluding hydrogens is 402 g/mol. The van der Waals surface area contributed by atoms with Crippen molar-refractivity contribution >= 4 is 17.9 Å². The predicted molar refractivity (Wildman–Crippen MR) is 126 cm³/mol. The van der Waals surface area contributed by atoms with E-state index in [1.807, 2.05) is 23.1 Å². The molecule has 0 spiro atoms. The van der Waals surface area contributed by atoms with Gasteiger partial charge in [0.2, 0.25) is 5.91 Å². The SMILES string of the molecule is CCCCN(CCC(=O)N1CCN(C/C=C/c2ccccc2)CC1)C(=O)c1cnccn1. The van der Waals surface area contributed by atoms with E-state index in [2.05, 4.69) is 46.1 Å². The van der Waals surface area contributed by atoms with Gasteiger partial charge >= 0.3 is 0 Å². The van der Waals surface area contributed by atoms with Gasteiger partial charge in [0, 0.05) is 64.6 Å². The van der Waals surface area contributed by atoms with Gasteiger partial charge in [0.1, 0.15) is 5.69 Å². The van der Waals surface area contributed by atoms with Crippen LogP contribution in [0.3, 0.4) is 0 Å². The van der Waals surface area contributed by atoms with Crippen LogP contribution >= 0.6 is 0 Å². The van der Waals surface area contributed by atoms with E-state index in [1.54, 1.807) is 11.1 Å². The number of piperazine rings is 1. The Balaban J connectivity index is 1.43. The van der Waals surface area contributed by atoms with Crippen LogP contribution < -0.4 is 0 Å². The van der Waals surface area contributed by atoms with Gasteiger partial charge in [-0.2, -0.15) is 0 Å². The van der Waals surface area contributed by atoms with Gasteiger partial charge in [0.05, 0.1) is 6.20 Å². The van der Waals surface area contributed by atoms with Gasteiger partial charge in [-0.3, -0.25) is 19.5 Å². The predicted octanol–water partition coefficient (Wildman–Crippen LogP) is 2.97. The highest BCUT2D eigenvalue weighted by atomic mass is 16.2. The van der Waals surface area contributed by atoms with Gasteiger partial charge in [0.25, 0.3) is 5.91 Å². The van der Waals surface area contributed by atoms with Gasteiger partial charge in [0.15, 0.2) is 0 Å². The van der Waals surface area contributed by atoms with Crippen molar-refractivity contribution in [2.45, 2.75) is 26.2 Å². The number of aromatic nitrogens is 2. The van der Waals surface area contributed by atoms with Crippen LogP contribution in [0.2, 0.25) is 0 Å². The molecule has 3 rings (SSSR count). The van der Waals surface area contributed by atoms with Crippen molar-refractivity contribution in [3.05, 3.63) is 66.3 Å². The van der Waals surface area contributed by atoms with Crippen molar-refractivity contribution < 1.29 is 9.59 Å². The molecule has 2 heterocycles. The van der Waals surface area contributed by atoms with Crippen molar-refractivity contribution in [2.24, 2.45) is 0 Å². The van der Waals surface area contributed by atoms with Crippen LogP contribution in [-0.2, 0) is 4.79 Å². The maximum Gasteiger partial charge on any atom is 0.274 e. The molecule has 2 aromatic rings. The third kappa shape index (κ3) is 7.27. The molecule has 1 aromatic heterocycles. The molecule has 32 heavy (non-hydrogen) atoms. The lowest BCUT2D eigenvalue weighted by Crippen LogP contribution is -2.49. The monoisotopic (exact) mass is 435 g/mol. The van der Waals surface area contributed by atoms with Crippen molar-refractivity contribution in [3.8, 4) is 0 Å². The number of hydrogen-bond acceptors (Lipinski definition) is 5. The Morgan fingerprint density at radius 1 is 1.06 bits per heavy atom. The summed E-state index contributed by atoms with van der Waals surface area (Å²) in [7, 11) is 0. The first kappa shape index (κ1) is 23.6. The molecule has 0 N–H and O–H groups in total. The largest absolute Gasteiger partial charge is 0.340 e. The molecule has 0 atom stereocenters. The summed E-state index contributed by atoms with van der Waals surface area (Å²) < 4.78 is 0. The number of benzene rings is 1. The second-order valence-electron chi connectivity index (χ2n) is 7.98. The van der Waals surface area contributed by atoms with E-state index in [9.17, 15) is 9.59 Å². The third-order valence-corrected chi connectivity index (χ3v) is 5.65. The third-order valence-electron chi connectivity index (χ3n) is 5.65. The van der Waals surface area contributed by atoms with Crippen LogP contribution in [0.15, 0.2) is 55.0 Å². The van der Waals surface area contributed by atoms with Crippen LogP contribution in [0.1, 0.15) is 42.2 Å². The van der Waals surface area contributed by atoms with E-state index in [0.29, 0.717) is 25.2 Å². The Kier molecular flexibility index (Phi) is 9.37. The van der Waals surface area contributed by atoms with Crippen LogP contribution in [0.5, 0.6) is 0 Å². The van der Waals surface area contributed by atoms with Crippen molar-refractivity contribution in [2.75, 3.05) is 45.8 Å². The molecule has 0 aliphatic carbocycles. The number of hydrogen-bond donors (Lipinski definition) is 0. The van der Waals surface area contributed by atoms with E-state index in [4.69, 9.17) is 0 Å². The lowest BCUT2D eigenvalue weighted by Gasteiger charge is -2.34. The van der Waals surface area contributed by atoms with Crippen molar-refractivity contribution in [1.82, 2.24) is 24.7 Å². The highest BCUT2D eigenvalue weighted by Gasteiger charge is 2.23. The van der Waals surface area contributed by atoms with Crippen molar-refractivity contribution in [3.63, 3.8) is 0 Å². The molecule has 0 unspecified atom stereocenters. The first-order chi connectivity index (χ1) is 15.7. The molecule has 7 heteroatoms. The van der Waals surface area contributed by atoms with Crippen LogP contribution in [0, 0.1) is 0 Å². The van der Waals surface area contributed by atoms with E-state index < -0.39 is 0 Å². The maximum absolute atomic E-state index is 12.8. The molecule has 1 aliphatic rings. The van der Waals surface area contributed by atoms with E-state index in [-0.39, 0.29) is 11.8 Å². The van der Waals surface area contributed by atoms with Gasteiger partial charge in [-0.1, -0.05) is 55.8 Å². The first-order valence-corrected chi connectivity index (χ1v) is 11.4. The molecule has 1 aliphatic heterocycles. The van der Waals surface area contributed by atoms with Gasteiger partial charge < -0.3 is 9.80 Å². The summed E-state index contributed by atoms with van der Waals surface area (Å²) in [5, 5.41) is 0. The molecule has 2 amide bonds. The molecule has 7 nitrogen and oxygen atoms in total. The molecule has 0 bridgehead atoms. The second-order valence-corrected chi connectivity index (χ2v) is 7.98. The molecule has 170 valence electrons. The Labute approximate surface area is 190 Å². The number of nitrogens with zero attached hydrogens (tertiary/aromatic N) is 5. The van der Waals surface area contributed by atoms with Gasteiger partial charge in [-0.25, -0.2) is 4.98 Å². The number of carbonyl (C=O) groups excluding carboxylic acids is 2. The summed E-state index contributed by atoms with van der Waals surface area (Å²) in [6.45, 7) is 7.19. The van der Waals surface area contributed by atoms with E-state index >= 15 is 0 Å². The Morgan fingerprint density at radius 3 is 2.53 bits per heavy atom. The Bertz CT molecular complexity index is 864. The summed E-state index contributed by atoms with van der Waals surface area (Å²) in [5.41, 5.74) is 1.53. The van der Waals surface area contributed by atoms with Crippen molar-refractivity contribution in [1.29, 1.82) is 0 Å². The summed E-state index contributed by atoms with van der Waals surface area (Å²) in [6.07, 6.45) is 11.1. The summed E-state index contributed by atoms with van der Waals surface area (Å²) in [5.74, 6) is -0.0488.